The van der Waals surface area contributed by atoms with Crippen LogP contribution in [-0.4, -0.2) is 26.9 Å². The molecule has 0 unspecified atom stereocenters. The minimum atomic E-state index is -0.639. The monoisotopic (exact) mass is 221 g/mol. The van der Waals surface area contributed by atoms with E-state index in [1.807, 2.05) is 12.1 Å². The summed E-state index contributed by atoms with van der Waals surface area (Å²) in [5.74, 6) is 0.209. The summed E-state index contributed by atoms with van der Waals surface area (Å²) >= 11 is 0. The first-order valence-corrected chi connectivity index (χ1v) is 5.51. The van der Waals surface area contributed by atoms with Crippen LogP contribution in [0.25, 0.3) is 0 Å². The number of ether oxygens (including phenoxy) is 3. The molecule has 1 aromatic rings. The molecule has 16 heavy (non-hydrogen) atoms. The molecule has 4 nitrogen and oxygen atoms in total. The normalized spacial score (nSPS) is 22.1. The third-order valence-electron chi connectivity index (χ3n) is 3.14. The fourth-order valence-electron chi connectivity index (χ4n) is 2.48. The molecule has 86 valence electrons. The maximum Gasteiger partial charge on any atom is 0.211 e. The summed E-state index contributed by atoms with van der Waals surface area (Å²) in [6.07, 6.45) is 0. The van der Waals surface area contributed by atoms with Crippen molar-refractivity contribution in [1.82, 2.24) is 5.32 Å². The van der Waals surface area contributed by atoms with Gasteiger partial charge in [0.25, 0.3) is 0 Å². The van der Waals surface area contributed by atoms with Crippen LogP contribution in [0.15, 0.2) is 18.2 Å². The van der Waals surface area contributed by atoms with Crippen molar-refractivity contribution in [2.24, 2.45) is 0 Å². The molecule has 2 heterocycles. The first kappa shape index (κ1) is 10.1. The van der Waals surface area contributed by atoms with Crippen LogP contribution in [0.4, 0.5) is 0 Å². The molecule has 1 aromatic carbocycles. The molecule has 0 saturated carbocycles. The lowest BCUT2D eigenvalue weighted by Gasteiger charge is -2.35. The Balaban J connectivity index is 2.15. The van der Waals surface area contributed by atoms with Crippen LogP contribution >= 0.6 is 0 Å². The lowest BCUT2D eigenvalue weighted by Crippen LogP contribution is -2.44. The number of hydrogen-bond acceptors (Lipinski definition) is 4. The summed E-state index contributed by atoms with van der Waals surface area (Å²) in [5, 5.41) is 3.32. The molecule has 4 heteroatoms. The Morgan fingerprint density at radius 3 is 2.88 bits per heavy atom. The minimum Gasteiger partial charge on any atom is -0.496 e. The van der Waals surface area contributed by atoms with Crippen LogP contribution in [0.5, 0.6) is 5.75 Å². The molecule has 3 rings (SSSR count). The third-order valence-corrected chi connectivity index (χ3v) is 3.14. The van der Waals surface area contributed by atoms with Crippen molar-refractivity contribution in [2.75, 3.05) is 26.9 Å². The molecule has 0 bridgehead atoms. The van der Waals surface area contributed by atoms with E-state index in [2.05, 4.69) is 11.4 Å². The predicted octanol–water partition coefficient (Wildman–Crippen LogP) is 0.998. The number of benzene rings is 1. The first-order chi connectivity index (χ1) is 7.86. The smallest absolute Gasteiger partial charge is 0.211 e. The predicted molar refractivity (Wildman–Crippen MR) is 58.3 cm³/mol. The fourth-order valence-corrected chi connectivity index (χ4v) is 2.48. The highest BCUT2D eigenvalue weighted by atomic mass is 16.7. The van der Waals surface area contributed by atoms with Gasteiger partial charge in [-0.05, 0) is 11.6 Å². The van der Waals surface area contributed by atoms with Crippen LogP contribution in [0.3, 0.4) is 0 Å². The average Bonchev–Trinajstić information content (AvgIpc) is 2.78. The van der Waals surface area contributed by atoms with Crippen molar-refractivity contribution in [3.8, 4) is 5.75 Å². The van der Waals surface area contributed by atoms with Gasteiger partial charge in [-0.25, -0.2) is 0 Å². The van der Waals surface area contributed by atoms with Gasteiger partial charge in [0.1, 0.15) is 5.75 Å². The molecule has 1 fully saturated rings. The molecular formula is C12H15NO3. The zero-order chi connectivity index (χ0) is 11.0. The van der Waals surface area contributed by atoms with Crippen molar-refractivity contribution in [3.63, 3.8) is 0 Å². The molecular weight excluding hydrogens is 206 g/mol. The Morgan fingerprint density at radius 1 is 1.31 bits per heavy atom. The van der Waals surface area contributed by atoms with Gasteiger partial charge in [0.05, 0.1) is 32.4 Å². The van der Waals surface area contributed by atoms with E-state index >= 15 is 0 Å². The molecule has 0 radical (unpaired) electrons. The topological polar surface area (TPSA) is 39.7 Å². The Morgan fingerprint density at radius 2 is 2.12 bits per heavy atom. The summed E-state index contributed by atoms with van der Waals surface area (Å²) in [7, 11) is 1.68. The van der Waals surface area contributed by atoms with Crippen LogP contribution in [0.2, 0.25) is 0 Å². The quantitative estimate of drug-likeness (QED) is 0.768. The van der Waals surface area contributed by atoms with Gasteiger partial charge in [0.2, 0.25) is 5.79 Å². The van der Waals surface area contributed by atoms with Gasteiger partial charge in [0, 0.05) is 6.54 Å². The van der Waals surface area contributed by atoms with Crippen LogP contribution < -0.4 is 10.1 Å². The lowest BCUT2D eigenvalue weighted by atomic mass is 9.94. The SMILES string of the molecule is COc1cccc2c1C1(CNC2)OCCO1. The molecule has 2 aliphatic heterocycles. The average molecular weight is 221 g/mol. The number of nitrogens with one attached hydrogen (secondary N) is 1. The number of methoxy groups -OCH3 is 1. The van der Waals surface area contributed by atoms with E-state index < -0.39 is 5.79 Å². The zero-order valence-corrected chi connectivity index (χ0v) is 9.29. The van der Waals surface area contributed by atoms with Crippen molar-refractivity contribution < 1.29 is 14.2 Å². The molecule has 1 saturated heterocycles. The molecule has 1 N–H and O–H groups in total. The largest absolute Gasteiger partial charge is 0.496 e. The summed E-state index contributed by atoms with van der Waals surface area (Å²) in [6.45, 7) is 2.79. The summed E-state index contributed by atoms with van der Waals surface area (Å²) < 4.78 is 17.0. The number of hydrogen-bond donors (Lipinski definition) is 1. The maximum absolute atomic E-state index is 5.79. The molecule has 0 amide bonds. The zero-order valence-electron chi connectivity index (χ0n) is 9.29. The molecule has 2 aliphatic rings. The van der Waals surface area contributed by atoms with Crippen molar-refractivity contribution in [1.29, 1.82) is 0 Å². The van der Waals surface area contributed by atoms with Gasteiger partial charge in [-0.2, -0.15) is 0 Å². The number of fused-ring (bicyclic) bond motifs is 2. The first-order valence-electron chi connectivity index (χ1n) is 5.51. The van der Waals surface area contributed by atoms with E-state index in [9.17, 15) is 0 Å². The van der Waals surface area contributed by atoms with Crippen molar-refractivity contribution in [2.45, 2.75) is 12.3 Å². The molecule has 1 spiro atoms. The summed E-state index contributed by atoms with van der Waals surface area (Å²) in [5.41, 5.74) is 2.24. The highest BCUT2D eigenvalue weighted by Crippen LogP contribution is 2.41. The number of rotatable bonds is 1. The third kappa shape index (κ3) is 1.34. The van der Waals surface area contributed by atoms with E-state index in [0.29, 0.717) is 19.8 Å². The van der Waals surface area contributed by atoms with Gasteiger partial charge in [0.15, 0.2) is 0 Å². The molecule has 0 atom stereocenters. The van der Waals surface area contributed by atoms with E-state index in [4.69, 9.17) is 14.2 Å². The van der Waals surface area contributed by atoms with Crippen LogP contribution in [0, 0.1) is 0 Å². The standard InChI is InChI=1S/C12H15NO3/c1-14-10-4-2-3-9-7-13-8-12(11(9)10)15-5-6-16-12/h2-4,13H,5-8H2,1H3. The minimum absolute atomic E-state index is 0.638. The second-order valence-corrected chi connectivity index (χ2v) is 4.05. The van der Waals surface area contributed by atoms with Gasteiger partial charge in [-0.1, -0.05) is 12.1 Å². The van der Waals surface area contributed by atoms with E-state index in [1.165, 1.54) is 5.56 Å². The van der Waals surface area contributed by atoms with Gasteiger partial charge < -0.3 is 19.5 Å². The van der Waals surface area contributed by atoms with Crippen LogP contribution in [-0.2, 0) is 21.8 Å². The summed E-state index contributed by atoms with van der Waals surface area (Å²) in [4.78, 5) is 0. The van der Waals surface area contributed by atoms with Gasteiger partial charge in [-0.3, -0.25) is 0 Å². The second kappa shape index (κ2) is 3.73. The Labute approximate surface area is 94.5 Å². The highest BCUT2D eigenvalue weighted by molar-refractivity contribution is 5.45. The summed E-state index contributed by atoms with van der Waals surface area (Å²) in [6, 6.07) is 6.03. The lowest BCUT2D eigenvalue weighted by molar-refractivity contribution is -0.167. The van der Waals surface area contributed by atoms with Crippen LogP contribution in [0.1, 0.15) is 11.1 Å². The van der Waals surface area contributed by atoms with Gasteiger partial charge in [-0.15, -0.1) is 0 Å². The fraction of sp³-hybridized carbons (Fsp3) is 0.500. The Kier molecular flexibility index (Phi) is 2.35. The van der Waals surface area contributed by atoms with E-state index in [0.717, 1.165) is 17.9 Å². The van der Waals surface area contributed by atoms with E-state index in [1.54, 1.807) is 7.11 Å². The van der Waals surface area contributed by atoms with Gasteiger partial charge >= 0.3 is 0 Å². The molecule has 0 aliphatic carbocycles. The van der Waals surface area contributed by atoms with Crippen molar-refractivity contribution in [3.05, 3.63) is 29.3 Å². The Bertz CT molecular complexity index is 385. The van der Waals surface area contributed by atoms with E-state index in [-0.39, 0.29) is 0 Å². The molecule has 0 aromatic heterocycles. The second-order valence-electron chi connectivity index (χ2n) is 4.05. The van der Waals surface area contributed by atoms with Crippen molar-refractivity contribution >= 4 is 0 Å². The Hall–Kier alpha value is -1.10. The highest BCUT2D eigenvalue weighted by Gasteiger charge is 2.44. The maximum atomic E-state index is 5.79.